The summed E-state index contributed by atoms with van der Waals surface area (Å²) in [5.41, 5.74) is -1.08. The molecule has 2 heterocycles. The van der Waals surface area contributed by atoms with Crippen LogP contribution in [0.15, 0.2) is 29.2 Å². The largest absolute Gasteiger partial charge is 0.493 e. The van der Waals surface area contributed by atoms with Crippen molar-refractivity contribution in [3.05, 3.63) is 40.4 Å². The number of anilines is 1. The molecule has 11 nitrogen and oxygen atoms in total. The summed E-state index contributed by atoms with van der Waals surface area (Å²) in [6.45, 7) is -0.863. The topological polar surface area (TPSA) is 141 Å². The van der Waals surface area contributed by atoms with Gasteiger partial charge in [0.1, 0.15) is 11.9 Å². The fraction of sp³-hybridized carbons (Fsp3) is 0.421. The van der Waals surface area contributed by atoms with E-state index in [0.29, 0.717) is 4.57 Å². The zero-order valence-electron chi connectivity index (χ0n) is 17.2. The first kappa shape index (κ1) is 23.4. The molecule has 0 radical (unpaired) electrons. The summed E-state index contributed by atoms with van der Waals surface area (Å²) < 4.78 is 49.5. The summed E-state index contributed by atoms with van der Waals surface area (Å²) in [4.78, 5) is 28.5. The molecule has 0 aliphatic carbocycles. The smallest absolute Gasteiger partial charge is 0.351 e. The lowest BCUT2D eigenvalue weighted by molar-refractivity contribution is -0.140. The van der Waals surface area contributed by atoms with E-state index in [1.54, 1.807) is 0 Å². The summed E-state index contributed by atoms with van der Waals surface area (Å²) in [6.07, 6.45) is -5.11. The molecule has 0 saturated carbocycles. The normalized spacial score (nSPS) is 21.8. The Morgan fingerprint density at radius 3 is 2.34 bits per heavy atom. The van der Waals surface area contributed by atoms with Gasteiger partial charge in [-0.1, -0.05) is 0 Å². The molecule has 3 atom stereocenters. The summed E-state index contributed by atoms with van der Waals surface area (Å²) in [5.74, 6) is -4.04. The second-order valence-electron chi connectivity index (χ2n) is 6.70. The van der Waals surface area contributed by atoms with E-state index in [0.717, 1.165) is 12.3 Å². The number of alkyl halides is 2. The van der Waals surface area contributed by atoms with Crippen LogP contribution in [0.3, 0.4) is 0 Å². The average Bonchev–Trinajstić information content (AvgIpc) is 3.01. The molecule has 1 aromatic carbocycles. The van der Waals surface area contributed by atoms with Crippen molar-refractivity contribution in [3.8, 4) is 17.2 Å². The zero-order valence-corrected chi connectivity index (χ0v) is 17.2. The van der Waals surface area contributed by atoms with Gasteiger partial charge in [0.15, 0.2) is 17.6 Å². The molecule has 1 saturated heterocycles. The zero-order chi connectivity index (χ0) is 23.6. The van der Waals surface area contributed by atoms with Gasteiger partial charge in [-0.05, 0) is 18.2 Å². The molecule has 174 valence electrons. The van der Waals surface area contributed by atoms with Gasteiger partial charge in [-0.2, -0.15) is 13.8 Å². The molecule has 1 aliphatic heterocycles. The van der Waals surface area contributed by atoms with Crippen molar-refractivity contribution < 1.29 is 42.7 Å². The molecule has 1 fully saturated rings. The second kappa shape index (κ2) is 9.06. The summed E-state index contributed by atoms with van der Waals surface area (Å²) in [7, 11) is 4.15. The number of hydrogen-bond donors (Lipinski definition) is 3. The van der Waals surface area contributed by atoms with Gasteiger partial charge in [0, 0.05) is 11.8 Å². The van der Waals surface area contributed by atoms with E-state index >= 15 is 0 Å². The van der Waals surface area contributed by atoms with Gasteiger partial charge in [0.05, 0.1) is 27.9 Å². The number of amides is 1. The molecule has 0 spiro atoms. The molecule has 3 N–H and O–H groups in total. The highest BCUT2D eigenvalue weighted by atomic mass is 19.3. The number of ether oxygens (including phenoxy) is 4. The number of aromatic nitrogens is 2. The molecule has 0 bridgehead atoms. The van der Waals surface area contributed by atoms with Crippen LogP contribution in [0.2, 0.25) is 0 Å². The van der Waals surface area contributed by atoms with Crippen LogP contribution in [0.1, 0.15) is 16.6 Å². The molecular weight excluding hydrogens is 436 g/mol. The van der Waals surface area contributed by atoms with Crippen LogP contribution in [0, 0.1) is 0 Å². The lowest BCUT2D eigenvalue weighted by Gasteiger charge is -2.21. The minimum absolute atomic E-state index is 0.0880. The van der Waals surface area contributed by atoms with Crippen LogP contribution in [-0.2, 0) is 4.74 Å². The van der Waals surface area contributed by atoms with Crippen molar-refractivity contribution in [1.82, 2.24) is 9.55 Å². The number of methoxy groups -OCH3 is 3. The minimum atomic E-state index is -3.85. The van der Waals surface area contributed by atoms with E-state index in [2.05, 4.69) is 10.3 Å². The van der Waals surface area contributed by atoms with Crippen molar-refractivity contribution in [2.75, 3.05) is 33.3 Å². The Labute approximate surface area is 180 Å². The standard InChI is InChI=1S/C19H21F2N3O8/c1-29-10-6-9(7-11(30-2)14(10)31-3)16(27)22-13-4-5-24(18(28)23-13)17-19(20,21)15(26)12(8-25)32-17/h4-7,12,15,17,25-26H,8H2,1-3H3,(H,22,23,27,28)/t12-,15-,17?/m1/s1. The number of rotatable bonds is 7. The van der Waals surface area contributed by atoms with Crippen molar-refractivity contribution in [2.45, 2.75) is 24.4 Å². The maximum Gasteiger partial charge on any atom is 0.351 e. The second-order valence-corrected chi connectivity index (χ2v) is 6.70. The molecule has 3 rings (SSSR count). The van der Waals surface area contributed by atoms with Gasteiger partial charge in [-0.25, -0.2) is 4.79 Å². The van der Waals surface area contributed by atoms with Crippen LogP contribution < -0.4 is 25.2 Å². The first-order chi connectivity index (χ1) is 15.2. The van der Waals surface area contributed by atoms with E-state index in [1.165, 1.54) is 33.5 Å². The van der Waals surface area contributed by atoms with Gasteiger partial charge in [-0.3, -0.25) is 9.36 Å². The van der Waals surface area contributed by atoms with E-state index in [4.69, 9.17) is 24.1 Å². The first-order valence-electron chi connectivity index (χ1n) is 9.20. The van der Waals surface area contributed by atoms with Gasteiger partial charge in [0.25, 0.3) is 5.91 Å². The van der Waals surface area contributed by atoms with Crippen LogP contribution in [0.5, 0.6) is 17.2 Å². The maximum absolute atomic E-state index is 14.3. The number of benzene rings is 1. The van der Waals surface area contributed by atoms with E-state index < -0.39 is 42.6 Å². The first-order valence-corrected chi connectivity index (χ1v) is 9.20. The van der Waals surface area contributed by atoms with Crippen LogP contribution in [0.4, 0.5) is 14.6 Å². The van der Waals surface area contributed by atoms with Crippen molar-refractivity contribution >= 4 is 11.7 Å². The van der Waals surface area contributed by atoms with Crippen LogP contribution in [0.25, 0.3) is 0 Å². The Bertz CT molecular complexity index is 1040. The molecule has 2 aromatic rings. The van der Waals surface area contributed by atoms with Gasteiger partial charge in [0.2, 0.25) is 12.0 Å². The fourth-order valence-electron chi connectivity index (χ4n) is 3.18. The number of nitrogens with zero attached hydrogens (tertiary/aromatic N) is 2. The molecule has 1 aliphatic rings. The Kier molecular flexibility index (Phi) is 6.62. The average molecular weight is 457 g/mol. The number of carbonyl (C=O) groups excluding carboxylic acids is 1. The summed E-state index contributed by atoms with van der Waals surface area (Å²) >= 11 is 0. The molecule has 13 heteroatoms. The van der Waals surface area contributed by atoms with Crippen LogP contribution >= 0.6 is 0 Å². The lowest BCUT2D eigenvalue weighted by Crippen LogP contribution is -2.41. The minimum Gasteiger partial charge on any atom is -0.493 e. The van der Waals surface area contributed by atoms with Crippen molar-refractivity contribution in [2.24, 2.45) is 0 Å². The highest BCUT2D eigenvalue weighted by molar-refractivity contribution is 6.04. The molecule has 32 heavy (non-hydrogen) atoms. The Morgan fingerprint density at radius 1 is 1.25 bits per heavy atom. The molecular formula is C19H21F2N3O8. The Balaban J connectivity index is 1.85. The van der Waals surface area contributed by atoms with E-state index in [9.17, 15) is 23.5 Å². The Morgan fingerprint density at radius 2 is 1.88 bits per heavy atom. The number of hydrogen-bond acceptors (Lipinski definition) is 9. The third-order valence-corrected chi connectivity index (χ3v) is 4.81. The number of carbonyl (C=O) groups is 1. The summed E-state index contributed by atoms with van der Waals surface area (Å²) in [6, 6.07) is 3.86. The van der Waals surface area contributed by atoms with Crippen molar-refractivity contribution in [1.29, 1.82) is 0 Å². The monoisotopic (exact) mass is 457 g/mol. The quantitative estimate of drug-likeness (QED) is 0.539. The Hall–Kier alpha value is -3.29. The predicted octanol–water partition coefficient (Wildman–Crippen LogP) is 0.407. The fourth-order valence-corrected chi connectivity index (χ4v) is 3.18. The predicted molar refractivity (Wildman–Crippen MR) is 104 cm³/mol. The van der Waals surface area contributed by atoms with E-state index in [1.807, 2.05) is 0 Å². The van der Waals surface area contributed by atoms with Crippen molar-refractivity contribution in [3.63, 3.8) is 0 Å². The molecule has 1 amide bonds. The number of halogens is 2. The third kappa shape index (κ3) is 4.09. The SMILES string of the molecule is COc1cc(C(=O)Nc2ccn(C3O[C@H](CO)[C@@H](O)C3(F)F)c(=O)n2)cc(OC)c1OC. The van der Waals surface area contributed by atoms with Gasteiger partial charge in [-0.15, -0.1) is 0 Å². The molecule has 1 unspecified atom stereocenters. The third-order valence-electron chi connectivity index (χ3n) is 4.81. The molecule has 1 aromatic heterocycles. The van der Waals surface area contributed by atoms with Crippen LogP contribution in [-0.4, -0.2) is 71.7 Å². The number of aliphatic hydroxyl groups excluding tert-OH is 2. The highest BCUT2D eigenvalue weighted by Crippen LogP contribution is 2.42. The maximum atomic E-state index is 14.3. The lowest BCUT2D eigenvalue weighted by atomic mass is 10.1. The number of aliphatic hydroxyl groups is 2. The summed E-state index contributed by atoms with van der Waals surface area (Å²) in [5, 5.41) is 21.0. The van der Waals surface area contributed by atoms with Gasteiger partial charge < -0.3 is 34.5 Å². The van der Waals surface area contributed by atoms with Gasteiger partial charge >= 0.3 is 11.6 Å². The van der Waals surface area contributed by atoms with E-state index in [-0.39, 0.29) is 28.6 Å². The highest BCUT2D eigenvalue weighted by Gasteiger charge is 2.59. The number of nitrogens with one attached hydrogen (secondary N) is 1.